The van der Waals surface area contributed by atoms with E-state index in [0.29, 0.717) is 30.8 Å². The van der Waals surface area contributed by atoms with E-state index in [1.165, 1.54) is 6.20 Å². The van der Waals surface area contributed by atoms with Gasteiger partial charge in [0.05, 0.1) is 29.0 Å². The van der Waals surface area contributed by atoms with E-state index in [-0.39, 0.29) is 17.0 Å². The number of esters is 1. The van der Waals surface area contributed by atoms with Gasteiger partial charge in [-0.25, -0.2) is 8.42 Å². The molecule has 0 radical (unpaired) electrons. The summed E-state index contributed by atoms with van der Waals surface area (Å²) in [5, 5.41) is -0.225. The third kappa shape index (κ3) is 3.45. The number of hydrogen-bond donors (Lipinski definition) is 0. The quantitative estimate of drug-likeness (QED) is 0.730. The van der Waals surface area contributed by atoms with Crippen LogP contribution in [0, 0.1) is 0 Å². The maximum absolute atomic E-state index is 12.6. The normalized spacial score (nSPS) is 20.5. The molecule has 0 aromatic carbocycles. The van der Waals surface area contributed by atoms with Gasteiger partial charge in [0.15, 0.2) is 9.84 Å². The molecule has 0 N–H and O–H groups in total. The first-order valence-corrected chi connectivity index (χ1v) is 10.4. The van der Waals surface area contributed by atoms with E-state index >= 15 is 0 Å². The maximum Gasteiger partial charge on any atom is 0.318 e. The average Bonchev–Trinajstić information content (AvgIpc) is 3.41. The lowest BCUT2D eigenvalue weighted by atomic mass is 9.72. The van der Waals surface area contributed by atoms with Crippen LogP contribution >= 0.6 is 0 Å². The average molecular weight is 352 g/mol. The Hall–Kier alpha value is -1.50. The van der Waals surface area contributed by atoms with Gasteiger partial charge < -0.3 is 4.74 Å². The third-order valence-electron chi connectivity index (χ3n) is 4.93. The van der Waals surface area contributed by atoms with Crippen LogP contribution in [0.3, 0.4) is 0 Å². The summed E-state index contributed by atoms with van der Waals surface area (Å²) in [5.41, 5.74) is 0.207. The highest BCUT2D eigenvalue weighted by molar-refractivity contribution is 7.91. The van der Waals surface area contributed by atoms with Gasteiger partial charge in [-0.15, -0.1) is 0 Å². The highest BCUT2D eigenvalue weighted by atomic mass is 32.2. The topological polar surface area (TPSA) is 86.2 Å². The Labute approximate surface area is 143 Å². The monoisotopic (exact) mass is 352 g/mol. The van der Waals surface area contributed by atoms with Crippen LogP contribution in [0.5, 0.6) is 0 Å². The highest BCUT2D eigenvalue weighted by Gasteiger charge is 2.44. The number of sulfone groups is 1. The van der Waals surface area contributed by atoms with Crippen LogP contribution in [0.15, 0.2) is 12.4 Å². The van der Waals surface area contributed by atoms with Gasteiger partial charge in [0, 0.05) is 12.4 Å². The van der Waals surface area contributed by atoms with E-state index in [4.69, 9.17) is 4.74 Å². The van der Waals surface area contributed by atoms with Crippen molar-refractivity contribution in [1.82, 2.24) is 9.97 Å². The predicted octanol–water partition coefficient (Wildman–Crippen LogP) is 2.32. The molecule has 7 heteroatoms. The number of carbonyl (C=O) groups excluding carboxylic acids is 1. The van der Waals surface area contributed by atoms with Crippen molar-refractivity contribution in [2.24, 2.45) is 0 Å². The van der Waals surface area contributed by atoms with Gasteiger partial charge in [-0.1, -0.05) is 19.3 Å². The molecular formula is C17H24N2O4S. The van der Waals surface area contributed by atoms with Crippen LogP contribution in [0.2, 0.25) is 0 Å². The summed E-state index contributed by atoms with van der Waals surface area (Å²) in [6.07, 6.45) is 8.88. The standard InChI is InChI=1S/C17H24N2O4S/c1-2-23-16(20)17(8-4-3-5-9-17)15-11-18-10-13(19-15)12-24(21,22)14-6-7-14/h10-11,14H,2-9,12H2,1H3. The SMILES string of the molecule is CCOC(=O)C1(c2cncc(CS(=O)(=O)C3CC3)n2)CCCCC1. The van der Waals surface area contributed by atoms with E-state index in [1.807, 2.05) is 0 Å². The summed E-state index contributed by atoms with van der Waals surface area (Å²) in [6.45, 7) is 2.11. The first kappa shape index (κ1) is 17.3. The van der Waals surface area contributed by atoms with E-state index in [9.17, 15) is 13.2 Å². The Morgan fingerprint density at radius 2 is 1.96 bits per heavy atom. The summed E-state index contributed by atoms with van der Waals surface area (Å²) in [5.74, 6) is -0.363. The fraction of sp³-hybridized carbons (Fsp3) is 0.706. The fourth-order valence-electron chi connectivity index (χ4n) is 3.45. The van der Waals surface area contributed by atoms with Crippen molar-refractivity contribution in [2.75, 3.05) is 6.61 Å². The number of aromatic nitrogens is 2. The summed E-state index contributed by atoms with van der Waals surface area (Å²) in [7, 11) is -3.16. The zero-order valence-electron chi connectivity index (χ0n) is 14.0. The zero-order chi connectivity index (χ0) is 17.2. The molecule has 1 aromatic rings. The molecule has 0 amide bonds. The fourth-order valence-corrected chi connectivity index (χ4v) is 5.09. The number of carbonyl (C=O) groups is 1. The van der Waals surface area contributed by atoms with Crippen molar-refractivity contribution in [2.45, 2.75) is 68.3 Å². The molecule has 2 saturated carbocycles. The van der Waals surface area contributed by atoms with Gasteiger partial charge in [0.1, 0.15) is 5.41 Å². The van der Waals surface area contributed by atoms with Crippen molar-refractivity contribution < 1.29 is 17.9 Å². The second-order valence-electron chi connectivity index (χ2n) is 6.77. The van der Waals surface area contributed by atoms with Gasteiger partial charge in [-0.3, -0.25) is 14.8 Å². The summed E-state index contributed by atoms with van der Waals surface area (Å²) in [4.78, 5) is 21.3. The molecule has 132 valence electrons. The molecule has 6 nitrogen and oxygen atoms in total. The summed E-state index contributed by atoms with van der Waals surface area (Å²) < 4.78 is 29.7. The third-order valence-corrected chi connectivity index (χ3v) is 7.11. The predicted molar refractivity (Wildman–Crippen MR) is 89.1 cm³/mol. The lowest BCUT2D eigenvalue weighted by Crippen LogP contribution is -2.40. The molecule has 0 atom stereocenters. The number of rotatable bonds is 6. The minimum atomic E-state index is -3.16. The van der Waals surface area contributed by atoms with Gasteiger partial charge >= 0.3 is 5.97 Å². The lowest BCUT2D eigenvalue weighted by Gasteiger charge is -2.34. The van der Waals surface area contributed by atoms with Crippen molar-refractivity contribution in [1.29, 1.82) is 0 Å². The van der Waals surface area contributed by atoms with E-state index in [2.05, 4.69) is 9.97 Å². The van der Waals surface area contributed by atoms with Crippen molar-refractivity contribution in [3.8, 4) is 0 Å². The summed E-state index contributed by atoms with van der Waals surface area (Å²) >= 11 is 0. The molecule has 2 fully saturated rings. The molecular weight excluding hydrogens is 328 g/mol. The van der Waals surface area contributed by atoms with Crippen LogP contribution in [-0.2, 0) is 30.5 Å². The summed E-state index contributed by atoms with van der Waals surface area (Å²) in [6, 6.07) is 0. The van der Waals surface area contributed by atoms with Gasteiger partial charge in [0.2, 0.25) is 0 Å². The molecule has 0 bridgehead atoms. The van der Waals surface area contributed by atoms with Crippen molar-refractivity contribution >= 4 is 15.8 Å². The molecule has 0 unspecified atom stereocenters. The molecule has 1 heterocycles. The van der Waals surface area contributed by atoms with Crippen LogP contribution in [0.1, 0.15) is 63.3 Å². The zero-order valence-corrected chi connectivity index (χ0v) is 14.8. The van der Waals surface area contributed by atoms with Crippen LogP contribution in [-0.4, -0.2) is 36.2 Å². The maximum atomic E-state index is 12.6. The first-order valence-electron chi connectivity index (χ1n) is 8.68. The molecule has 0 spiro atoms. The molecule has 0 aliphatic heterocycles. The van der Waals surface area contributed by atoms with Crippen LogP contribution in [0.25, 0.3) is 0 Å². The Morgan fingerprint density at radius 1 is 1.25 bits per heavy atom. The largest absolute Gasteiger partial charge is 0.465 e. The molecule has 24 heavy (non-hydrogen) atoms. The Bertz CT molecular complexity index is 707. The number of nitrogens with zero attached hydrogens (tertiary/aromatic N) is 2. The van der Waals surface area contributed by atoms with Crippen LogP contribution < -0.4 is 0 Å². The lowest BCUT2D eigenvalue weighted by molar-refractivity contribution is -0.151. The molecule has 2 aliphatic carbocycles. The molecule has 3 rings (SSSR count). The van der Waals surface area contributed by atoms with E-state index in [0.717, 1.165) is 32.1 Å². The van der Waals surface area contributed by atoms with E-state index < -0.39 is 15.3 Å². The molecule has 1 aromatic heterocycles. The molecule has 2 aliphatic rings. The first-order chi connectivity index (χ1) is 11.5. The van der Waals surface area contributed by atoms with Gasteiger partial charge in [-0.05, 0) is 32.6 Å². The highest BCUT2D eigenvalue weighted by Crippen LogP contribution is 2.40. The Balaban J connectivity index is 1.90. The molecule has 0 saturated heterocycles. The van der Waals surface area contributed by atoms with E-state index in [1.54, 1.807) is 13.1 Å². The Kier molecular flexibility index (Phi) is 4.90. The second kappa shape index (κ2) is 6.78. The minimum absolute atomic E-state index is 0.0998. The minimum Gasteiger partial charge on any atom is -0.465 e. The van der Waals surface area contributed by atoms with Crippen LogP contribution in [0.4, 0.5) is 0 Å². The van der Waals surface area contributed by atoms with Crippen molar-refractivity contribution in [3.63, 3.8) is 0 Å². The smallest absolute Gasteiger partial charge is 0.318 e. The Morgan fingerprint density at radius 3 is 2.58 bits per heavy atom. The number of hydrogen-bond acceptors (Lipinski definition) is 6. The second-order valence-corrected chi connectivity index (χ2v) is 9.05. The van der Waals surface area contributed by atoms with Gasteiger partial charge in [0.25, 0.3) is 0 Å². The number of ether oxygens (including phenoxy) is 1. The van der Waals surface area contributed by atoms with Gasteiger partial charge in [-0.2, -0.15) is 0 Å². The van der Waals surface area contributed by atoms with Crippen molar-refractivity contribution in [3.05, 3.63) is 23.8 Å².